The molecule has 4 heteroatoms. The molecule has 0 bridgehead atoms. The number of ether oxygens (including phenoxy) is 3. The number of halogens is 1. The fourth-order valence-electron chi connectivity index (χ4n) is 1.88. The molecule has 0 aliphatic carbocycles. The minimum atomic E-state index is 0.315. The van der Waals surface area contributed by atoms with Gasteiger partial charge >= 0.3 is 0 Å². The SMILES string of the molecule is ICCCCCCCOc1ccc2c(c1)OCO2. The van der Waals surface area contributed by atoms with Crippen molar-refractivity contribution in [3.63, 3.8) is 0 Å². The molecule has 0 spiro atoms. The van der Waals surface area contributed by atoms with Crippen molar-refractivity contribution in [1.29, 1.82) is 0 Å². The van der Waals surface area contributed by atoms with Crippen molar-refractivity contribution in [3.8, 4) is 17.2 Å². The Balaban J connectivity index is 1.62. The van der Waals surface area contributed by atoms with E-state index in [9.17, 15) is 0 Å². The number of hydrogen-bond acceptors (Lipinski definition) is 3. The van der Waals surface area contributed by atoms with Crippen LogP contribution in [0.2, 0.25) is 0 Å². The van der Waals surface area contributed by atoms with E-state index in [1.54, 1.807) is 0 Å². The zero-order chi connectivity index (χ0) is 12.6. The van der Waals surface area contributed by atoms with E-state index in [2.05, 4.69) is 22.6 Å². The highest BCUT2D eigenvalue weighted by atomic mass is 127. The summed E-state index contributed by atoms with van der Waals surface area (Å²) in [6.45, 7) is 1.10. The second-order valence-corrected chi connectivity index (χ2v) is 5.40. The van der Waals surface area contributed by atoms with Crippen molar-refractivity contribution in [2.75, 3.05) is 17.8 Å². The topological polar surface area (TPSA) is 27.7 Å². The lowest BCUT2D eigenvalue weighted by molar-refractivity contribution is 0.173. The first-order chi connectivity index (χ1) is 8.90. The largest absolute Gasteiger partial charge is 0.493 e. The summed E-state index contributed by atoms with van der Waals surface area (Å²) in [7, 11) is 0. The number of alkyl halides is 1. The number of benzene rings is 1. The summed E-state index contributed by atoms with van der Waals surface area (Å²) < 4.78 is 17.5. The Morgan fingerprint density at radius 1 is 1.00 bits per heavy atom. The van der Waals surface area contributed by atoms with Gasteiger partial charge in [0.1, 0.15) is 5.75 Å². The third-order valence-corrected chi connectivity index (χ3v) is 3.65. The first-order valence-corrected chi connectivity index (χ1v) is 8.01. The van der Waals surface area contributed by atoms with E-state index in [-0.39, 0.29) is 0 Å². The standard InChI is InChI=1S/C14H19IO3/c15-8-4-2-1-3-5-9-16-12-6-7-13-14(10-12)18-11-17-13/h6-7,10H,1-5,8-9,11H2. The Labute approximate surface area is 122 Å². The first kappa shape index (κ1) is 13.8. The van der Waals surface area contributed by atoms with Gasteiger partial charge in [0.15, 0.2) is 11.5 Å². The third kappa shape index (κ3) is 4.23. The second kappa shape index (κ2) is 7.71. The average Bonchev–Trinajstić information content (AvgIpc) is 2.85. The number of fused-ring (bicyclic) bond motifs is 1. The van der Waals surface area contributed by atoms with Crippen molar-refractivity contribution in [3.05, 3.63) is 18.2 Å². The van der Waals surface area contributed by atoms with E-state index in [1.165, 1.54) is 30.1 Å². The molecule has 0 saturated carbocycles. The van der Waals surface area contributed by atoms with E-state index in [4.69, 9.17) is 14.2 Å². The van der Waals surface area contributed by atoms with Crippen LogP contribution >= 0.6 is 22.6 Å². The highest BCUT2D eigenvalue weighted by Gasteiger charge is 2.13. The molecule has 0 saturated heterocycles. The predicted molar refractivity (Wildman–Crippen MR) is 80.0 cm³/mol. The van der Waals surface area contributed by atoms with E-state index in [0.717, 1.165) is 30.3 Å². The average molecular weight is 362 g/mol. The highest BCUT2D eigenvalue weighted by Crippen LogP contribution is 2.35. The van der Waals surface area contributed by atoms with Crippen LogP contribution in [-0.2, 0) is 0 Å². The molecule has 0 radical (unpaired) electrons. The van der Waals surface area contributed by atoms with Gasteiger partial charge in [-0.3, -0.25) is 0 Å². The molecule has 0 N–H and O–H groups in total. The molecule has 1 aliphatic heterocycles. The van der Waals surface area contributed by atoms with Crippen LogP contribution in [-0.4, -0.2) is 17.8 Å². The van der Waals surface area contributed by atoms with Gasteiger partial charge in [0.05, 0.1) is 6.61 Å². The van der Waals surface area contributed by atoms with Crippen LogP contribution in [0.1, 0.15) is 32.1 Å². The van der Waals surface area contributed by atoms with Crippen molar-refractivity contribution in [2.24, 2.45) is 0 Å². The monoisotopic (exact) mass is 362 g/mol. The van der Waals surface area contributed by atoms with Gasteiger partial charge in [0.2, 0.25) is 6.79 Å². The van der Waals surface area contributed by atoms with Gasteiger partial charge in [-0.05, 0) is 29.4 Å². The number of hydrogen-bond donors (Lipinski definition) is 0. The molecule has 0 amide bonds. The molecular weight excluding hydrogens is 343 g/mol. The minimum absolute atomic E-state index is 0.315. The Kier molecular flexibility index (Phi) is 5.90. The highest BCUT2D eigenvalue weighted by molar-refractivity contribution is 14.1. The molecule has 1 heterocycles. The minimum Gasteiger partial charge on any atom is -0.493 e. The molecule has 0 aromatic heterocycles. The maximum atomic E-state index is 5.70. The predicted octanol–water partition coefficient (Wildman–Crippen LogP) is 4.18. The molecule has 1 aromatic carbocycles. The summed E-state index contributed by atoms with van der Waals surface area (Å²) in [6, 6.07) is 5.74. The normalized spacial score (nSPS) is 12.7. The third-order valence-electron chi connectivity index (χ3n) is 2.89. The second-order valence-electron chi connectivity index (χ2n) is 4.32. The molecule has 1 aromatic rings. The smallest absolute Gasteiger partial charge is 0.231 e. The van der Waals surface area contributed by atoms with Gasteiger partial charge < -0.3 is 14.2 Å². The maximum absolute atomic E-state index is 5.70. The maximum Gasteiger partial charge on any atom is 0.231 e. The van der Waals surface area contributed by atoms with E-state index in [0.29, 0.717) is 6.79 Å². The van der Waals surface area contributed by atoms with E-state index >= 15 is 0 Å². The molecule has 0 unspecified atom stereocenters. The van der Waals surface area contributed by atoms with Crippen molar-refractivity contribution >= 4 is 22.6 Å². The lowest BCUT2D eigenvalue weighted by Gasteiger charge is -2.06. The van der Waals surface area contributed by atoms with Crippen LogP contribution in [0.4, 0.5) is 0 Å². The summed E-state index contributed by atoms with van der Waals surface area (Å²) in [4.78, 5) is 0. The zero-order valence-corrected chi connectivity index (χ0v) is 12.6. The van der Waals surface area contributed by atoms with Crippen LogP contribution in [0.3, 0.4) is 0 Å². The van der Waals surface area contributed by atoms with Crippen molar-refractivity contribution < 1.29 is 14.2 Å². The zero-order valence-electron chi connectivity index (χ0n) is 10.5. The Morgan fingerprint density at radius 3 is 2.67 bits per heavy atom. The Hall–Kier alpha value is -0.650. The van der Waals surface area contributed by atoms with Crippen LogP contribution in [0, 0.1) is 0 Å². The summed E-state index contributed by atoms with van der Waals surface area (Å²) in [5.41, 5.74) is 0. The lowest BCUT2D eigenvalue weighted by atomic mass is 10.2. The summed E-state index contributed by atoms with van der Waals surface area (Å²) >= 11 is 2.43. The van der Waals surface area contributed by atoms with Gasteiger partial charge in [-0.1, -0.05) is 41.9 Å². The molecular formula is C14H19IO3. The van der Waals surface area contributed by atoms with Crippen molar-refractivity contribution in [1.82, 2.24) is 0 Å². The molecule has 18 heavy (non-hydrogen) atoms. The molecule has 3 nitrogen and oxygen atoms in total. The molecule has 2 rings (SSSR count). The Morgan fingerprint density at radius 2 is 1.78 bits per heavy atom. The number of unbranched alkanes of at least 4 members (excludes halogenated alkanes) is 4. The number of rotatable bonds is 8. The van der Waals surface area contributed by atoms with E-state index < -0.39 is 0 Å². The van der Waals surface area contributed by atoms with E-state index in [1.807, 2.05) is 18.2 Å². The summed E-state index contributed by atoms with van der Waals surface area (Å²) in [5, 5.41) is 0. The van der Waals surface area contributed by atoms with Gasteiger partial charge in [-0.2, -0.15) is 0 Å². The van der Waals surface area contributed by atoms with Crippen LogP contribution in [0.5, 0.6) is 17.2 Å². The Bertz CT molecular complexity index is 368. The molecule has 0 fully saturated rings. The van der Waals surface area contributed by atoms with Gasteiger partial charge in [-0.15, -0.1) is 0 Å². The van der Waals surface area contributed by atoms with Gasteiger partial charge in [0.25, 0.3) is 0 Å². The first-order valence-electron chi connectivity index (χ1n) is 6.48. The quantitative estimate of drug-likeness (QED) is 0.395. The van der Waals surface area contributed by atoms with Crippen LogP contribution < -0.4 is 14.2 Å². The van der Waals surface area contributed by atoms with Crippen LogP contribution in [0.15, 0.2) is 18.2 Å². The molecule has 100 valence electrons. The van der Waals surface area contributed by atoms with Crippen LogP contribution in [0.25, 0.3) is 0 Å². The fourth-order valence-corrected chi connectivity index (χ4v) is 2.42. The fraction of sp³-hybridized carbons (Fsp3) is 0.571. The molecule has 1 aliphatic rings. The summed E-state index contributed by atoms with van der Waals surface area (Å²) in [6.07, 6.45) is 6.36. The van der Waals surface area contributed by atoms with Crippen molar-refractivity contribution in [2.45, 2.75) is 32.1 Å². The molecule has 0 atom stereocenters. The summed E-state index contributed by atoms with van der Waals surface area (Å²) in [5.74, 6) is 2.46. The lowest BCUT2D eigenvalue weighted by Crippen LogP contribution is -1.97. The van der Waals surface area contributed by atoms with Gasteiger partial charge in [-0.25, -0.2) is 0 Å². The van der Waals surface area contributed by atoms with Gasteiger partial charge in [0, 0.05) is 6.07 Å².